The molecular formula is C13H17N3S. The highest BCUT2D eigenvalue weighted by atomic mass is 32.2. The molecule has 0 aliphatic rings. The van der Waals surface area contributed by atoms with Crippen molar-refractivity contribution in [2.45, 2.75) is 19.1 Å². The van der Waals surface area contributed by atoms with E-state index in [0.29, 0.717) is 5.25 Å². The van der Waals surface area contributed by atoms with Crippen molar-refractivity contribution >= 4 is 28.6 Å². The minimum absolute atomic E-state index is 0.572. The molecule has 3 nitrogen and oxygen atoms in total. The Balaban J connectivity index is 2.25. The number of anilines is 1. The maximum absolute atomic E-state index is 4.60. The lowest BCUT2D eigenvalue weighted by atomic mass is 10.3. The Labute approximate surface area is 106 Å². The van der Waals surface area contributed by atoms with Crippen LogP contribution in [0.25, 0.3) is 11.0 Å². The first kappa shape index (κ1) is 12.2. The number of nitrogens with one attached hydrogen (secondary N) is 1. The van der Waals surface area contributed by atoms with Gasteiger partial charge in [0.15, 0.2) is 0 Å². The van der Waals surface area contributed by atoms with Gasteiger partial charge in [0.05, 0.1) is 16.7 Å². The Morgan fingerprint density at radius 3 is 2.53 bits per heavy atom. The van der Waals surface area contributed by atoms with Gasteiger partial charge in [-0.1, -0.05) is 19.1 Å². The fourth-order valence-electron chi connectivity index (χ4n) is 1.58. The van der Waals surface area contributed by atoms with Crippen molar-refractivity contribution in [3.8, 4) is 0 Å². The van der Waals surface area contributed by atoms with Crippen LogP contribution in [0.1, 0.15) is 12.6 Å². The Kier molecular flexibility index (Phi) is 3.84. The SMILES string of the molecule is CSC(C)CNc1nc2ccccc2nc1C. The molecule has 0 radical (unpaired) electrons. The van der Waals surface area contributed by atoms with Crippen LogP contribution in [0.15, 0.2) is 24.3 Å². The van der Waals surface area contributed by atoms with Gasteiger partial charge in [-0.3, -0.25) is 0 Å². The molecule has 90 valence electrons. The van der Waals surface area contributed by atoms with E-state index in [0.717, 1.165) is 29.1 Å². The molecule has 0 spiro atoms. The third-order valence-electron chi connectivity index (χ3n) is 2.70. The molecule has 0 fully saturated rings. The summed E-state index contributed by atoms with van der Waals surface area (Å²) in [6.45, 7) is 5.10. The highest BCUT2D eigenvalue weighted by Gasteiger charge is 2.05. The van der Waals surface area contributed by atoms with Gasteiger partial charge >= 0.3 is 0 Å². The molecule has 0 amide bonds. The van der Waals surface area contributed by atoms with Gasteiger partial charge in [0.2, 0.25) is 0 Å². The number of hydrogen-bond donors (Lipinski definition) is 1. The lowest BCUT2D eigenvalue weighted by Gasteiger charge is -2.12. The first-order valence-corrected chi connectivity index (χ1v) is 6.99. The van der Waals surface area contributed by atoms with Crippen LogP contribution in [0.3, 0.4) is 0 Å². The van der Waals surface area contributed by atoms with E-state index in [1.807, 2.05) is 43.0 Å². The maximum Gasteiger partial charge on any atom is 0.148 e. The highest BCUT2D eigenvalue weighted by Crippen LogP contribution is 2.16. The summed E-state index contributed by atoms with van der Waals surface area (Å²) in [5.41, 5.74) is 2.85. The fraction of sp³-hybridized carbons (Fsp3) is 0.385. The van der Waals surface area contributed by atoms with E-state index in [9.17, 15) is 0 Å². The maximum atomic E-state index is 4.60. The first-order chi connectivity index (χ1) is 8.20. The molecule has 1 aromatic heterocycles. The van der Waals surface area contributed by atoms with Gasteiger partial charge in [0, 0.05) is 11.8 Å². The summed E-state index contributed by atoms with van der Waals surface area (Å²) in [5, 5.41) is 3.93. The molecule has 2 rings (SSSR count). The normalized spacial score (nSPS) is 12.6. The molecule has 0 aliphatic carbocycles. The summed E-state index contributed by atoms with van der Waals surface area (Å²) in [5.74, 6) is 0.893. The molecule has 0 bridgehead atoms. The molecule has 1 atom stereocenters. The van der Waals surface area contributed by atoms with Crippen molar-refractivity contribution in [2.75, 3.05) is 18.1 Å². The highest BCUT2D eigenvalue weighted by molar-refractivity contribution is 7.99. The van der Waals surface area contributed by atoms with Gasteiger partial charge in [-0.05, 0) is 25.3 Å². The van der Waals surface area contributed by atoms with Crippen molar-refractivity contribution in [3.63, 3.8) is 0 Å². The molecule has 0 aliphatic heterocycles. The second-order valence-electron chi connectivity index (χ2n) is 4.07. The summed E-state index contributed by atoms with van der Waals surface area (Å²) < 4.78 is 0. The van der Waals surface area contributed by atoms with Crippen LogP contribution >= 0.6 is 11.8 Å². The van der Waals surface area contributed by atoms with Crippen LogP contribution in [0.2, 0.25) is 0 Å². The fourth-order valence-corrected chi connectivity index (χ4v) is 1.83. The predicted molar refractivity (Wildman–Crippen MR) is 75.7 cm³/mol. The molecule has 1 aromatic carbocycles. The lowest BCUT2D eigenvalue weighted by Crippen LogP contribution is -2.14. The van der Waals surface area contributed by atoms with Gasteiger partial charge in [-0.25, -0.2) is 9.97 Å². The Morgan fingerprint density at radius 1 is 1.24 bits per heavy atom. The first-order valence-electron chi connectivity index (χ1n) is 5.70. The topological polar surface area (TPSA) is 37.8 Å². The molecular weight excluding hydrogens is 230 g/mol. The largest absolute Gasteiger partial charge is 0.367 e. The van der Waals surface area contributed by atoms with Crippen LogP contribution in [-0.4, -0.2) is 28.0 Å². The minimum Gasteiger partial charge on any atom is -0.367 e. The summed E-state index contributed by atoms with van der Waals surface area (Å²) in [7, 11) is 0. The molecule has 1 heterocycles. The Bertz CT molecular complexity index is 513. The summed E-state index contributed by atoms with van der Waals surface area (Å²) in [6, 6.07) is 7.95. The van der Waals surface area contributed by atoms with Crippen molar-refractivity contribution in [2.24, 2.45) is 0 Å². The number of fused-ring (bicyclic) bond motifs is 1. The summed E-state index contributed by atoms with van der Waals surface area (Å²) in [6.07, 6.45) is 2.12. The van der Waals surface area contributed by atoms with E-state index >= 15 is 0 Å². The Hall–Kier alpha value is -1.29. The van der Waals surface area contributed by atoms with E-state index in [1.165, 1.54) is 0 Å². The van der Waals surface area contributed by atoms with Gasteiger partial charge in [-0.2, -0.15) is 11.8 Å². The zero-order valence-electron chi connectivity index (χ0n) is 10.4. The quantitative estimate of drug-likeness (QED) is 0.901. The zero-order chi connectivity index (χ0) is 12.3. The third-order valence-corrected chi connectivity index (χ3v) is 3.68. The van der Waals surface area contributed by atoms with Gasteiger partial charge in [-0.15, -0.1) is 0 Å². The predicted octanol–water partition coefficient (Wildman–Crippen LogP) is 3.10. The van der Waals surface area contributed by atoms with Crippen LogP contribution < -0.4 is 5.32 Å². The smallest absolute Gasteiger partial charge is 0.148 e. The molecule has 0 saturated heterocycles. The van der Waals surface area contributed by atoms with Gasteiger partial charge < -0.3 is 5.32 Å². The molecule has 17 heavy (non-hydrogen) atoms. The van der Waals surface area contributed by atoms with Crippen LogP contribution in [0, 0.1) is 6.92 Å². The monoisotopic (exact) mass is 247 g/mol. The number of aromatic nitrogens is 2. The Morgan fingerprint density at radius 2 is 1.88 bits per heavy atom. The van der Waals surface area contributed by atoms with Crippen LogP contribution in [0.5, 0.6) is 0 Å². The van der Waals surface area contributed by atoms with Gasteiger partial charge in [0.1, 0.15) is 5.82 Å². The second-order valence-corrected chi connectivity index (χ2v) is 5.35. The average Bonchev–Trinajstić information content (AvgIpc) is 2.35. The number of aryl methyl sites for hydroxylation is 1. The molecule has 4 heteroatoms. The molecule has 2 aromatic rings. The van der Waals surface area contributed by atoms with Crippen molar-refractivity contribution < 1.29 is 0 Å². The number of rotatable bonds is 4. The van der Waals surface area contributed by atoms with E-state index in [4.69, 9.17) is 0 Å². The van der Waals surface area contributed by atoms with E-state index in [1.54, 1.807) is 0 Å². The van der Waals surface area contributed by atoms with Gasteiger partial charge in [0.25, 0.3) is 0 Å². The lowest BCUT2D eigenvalue weighted by molar-refractivity contribution is 0.984. The summed E-state index contributed by atoms with van der Waals surface area (Å²) in [4.78, 5) is 9.15. The number of hydrogen-bond acceptors (Lipinski definition) is 4. The standard InChI is InChI=1S/C13H17N3S/c1-9(17-3)8-14-13-10(2)15-11-6-4-5-7-12(11)16-13/h4-7,9H,8H2,1-3H3,(H,14,16). The average molecular weight is 247 g/mol. The number of benzene rings is 1. The van der Waals surface area contributed by atoms with Crippen molar-refractivity contribution in [1.82, 2.24) is 9.97 Å². The van der Waals surface area contributed by atoms with E-state index < -0.39 is 0 Å². The zero-order valence-corrected chi connectivity index (χ0v) is 11.2. The number of thioether (sulfide) groups is 1. The van der Waals surface area contributed by atoms with E-state index in [2.05, 4.69) is 28.5 Å². The van der Waals surface area contributed by atoms with Crippen molar-refractivity contribution in [3.05, 3.63) is 30.0 Å². The van der Waals surface area contributed by atoms with E-state index in [-0.39, 0.29) is 0 Å². The molecule has 1 unspecified atom stereocenters. The molecule has 0 saturated carbocycles. The number of para-hydroxylation sites is 2. The van der Waals surface area contributed by atoms with Crippen LogP contribution in [-0.2, 0) is 0 Å². The van der Waals surface area contributed by atoms with Crippen LogP contribution in [0.4, 0.5) is 5.82 Å². The molecule has 1 N–H and O–H groups in total. The van der Waals surface area contributed by atoms with Crippen molar-refractivity contribution in [1.29, 1.82) is 0 Å². The minimum atomic E-state index is 0.572. The number of nitrogens with zero attached hydrogens (tertiary/aromatic N) is 2. The second kappa shape index (κ2) is 5.36. The summed E-state index contributed by atoms with van der Waals surface area (Å²) >= 11 is 1.84. The third kappa shape index (κ3) is 2.88.